The Labute approximate surface area is 144 Å². The summed E-state index contributed by atoms with van der Waals surface area (Å²) in [4.78, 5) is 11.8. The zero-order chi connectivity index (χ0) is 17.3. The second-order valence-corrected chi connectivity index (χ2v) is 7.55. The Morgan fingerprint density at radius 1 is 1.17 bits per heavy atom. The maximum absolute atomic E-state index is 4.63. The maximum atomic E-state index is 4.63. The van der Waals surface area contributed by atoms with E-state index in [1.165, 1.54) is 32.5 Å². The molecule has 2 aromatic heterocycles. The summed E-state index contributed by atoms with van der Waals surface area (Å²) in [5, 5.41) is 9.13. The van der Waals surface area contributed by atoms with Gasteiger partial charge in [0.25, 0.3) is 0 Å². The molecule has 1 fully saturated rings. The Bertz CT molecular complexity index is 697. The molecule has 1 saturated heterocycles. The Morgan fingerprint density at radius 3 is 2.54 bits per heavy atom. The standard InChI is InChI=1S/C18H30N6/c1-12(2)11-24-8-6-15(7-9-24)10-19-17-16-13(3)22-23(5)18(16)21-14(4)20-17/h12,15H,6-11H2,1-5H3,(H,19,20,21). The van der Waals surface area contributed by atoms with E-state index in [9.17, 15) is 0 Å². The average Bonchev–Trinajstić information content (AvgIpc) is 2.80. The van der Waals surface area contributed by atoms with Crippen LogP contribution in [-0.2, 0) is 7.05 Å². The molecule has 3 rings (SSSR count). The van der Waals surface area contributed by atoms with E-state index in [0.29, 0.717) is 0 Å². The number of nitrogens with one attached hydrogen (secondary N) is 1. The molecule has 6 nitrogen and oxygen atoms in total. The Balaban J connectivity index is 1.65. The first-order chi connectivity index (χ1) is 11.4. The molecule has 0 bridgehead atoms. The largest absolute Gasteiger partial charge is 0.369 e. The minimum Gasteiger partial charge on any atom is -0.369 e. The first kappa shape index (κ1) is 17.1. The van der Waals surface area contributed by atoms with Crippen LogP contribution in [-0.4, -0.2) is 50.8 Å². The predicted octanol–water partition coefficient (Wildman–Crippen LogP) is 2.76. The molecule has 0 aliphatic carbocycles. The van der Waals surface area contributed by atoms with Crippen molar-refractivity contribution >= 4 is 16.9 Å². The Hall–Kier alpha value is -1.69. The summed E-state index contributed by atoms with van der Waals surface area (Å²) >= 11 is 0. The molecule has 0 unspecified atom stereocenters. The van der Waals surface area contributed by atoms with Crippen LogP contribution in [0.4, 0.5) is 5.82 Å². The van der Waals surface area contributed by atoms with Crippen LogP contribution >= 0.6 is 0 Å². The topological polar surface area (TPSA) is 58.9 Å². The molecule has 0 amide bonds. The van der Waals surface area contributed by atoms with Gasteiger partial charge in [-0.15, -0.1) is 0 Å². The zero-order valence-corrected chi connectivity index (χ0v) is 15.6. The van der Waals surface area contributed by atoms with Gasteiger partial charge >= 0.3 is 0 Å². The quantitative estimate of drug-likeness (QED) is 0.913. The molecule has 0 spiro atoms. The highest BCUT2D eigenvalue weighted by molar-refractivity contribution is 5.89. The average molecular weight is 330 g/mol. The van der Waals surface area contributed by atoms with Crippen molar-refractivity contribution in [2.24, 2.45) is 18.9 Å². The van der Waals surface area contributed by atoms with Gasteiger partial charge in [0, 0.05) is 20.1 Å². The molecule has 0 saturated carbocycles. The predicted molar refractivity (Wildman–Crippen MR) is 98.3 cm³/mol. The van der Waals surface area contributed by atoms with Gasteiger partial charge in [0.05, 0.1) is 11.1 Å². The zero-order valence-electron chi connectivity index (χ0n) is 15.6. The Morgan fingerprint density at radius 2 is 1.88 bits per heavy atom. The highest BCUT2D eigenvalue weighted by Gasteiger charge is 2.20. The molecule has 2 aromatic rings. The second-order valence-electron chi connectivity index (χ2n) is 7.55. The number of hydrogen-bond acceptors (Lipinski definition) is 5. The van der Waals surface area contributed by atoms with Crippen LogP contribution in [0.15, 0.2) is 0 Å². The van der Waals surface area contributed by atoms with E-state index in [1.807, 2.05) is 25.6 Å². The number of nitrogens with zero attached hydrogens (tertiary/aromatic N) is 5. The van der Waals surface area contributed by atoms with Crippen LogP contribution in [0.2, 0.25) is 0 Å². The van der Waals surface area contributed by atoms with Gasteiger partial charge in [-0.25, -0.2) is 9.97 Å². The summed E-state index contributed by atoms with van der Waals surface area (Å²) in [6.45, 7) is 13.2. The minimum atomic E-state index is 0.718. The molecule has 0 aromatic carbocycles. The van der Waals surface area contributed by atoms with E-state index in [-0.39, 0.29) is 0 Å². The number of anilines is 1. The molecule has 1 aliphatic rings. The lowest BCUT2D eigenvalue weighted by Crippen LogP contribution is -2.37. The normalized spacial score (nSPS) is 17.1. The molecule has 3 heterocycles. The molecule has 1 aliphatic heterocycles. The third-order valence-corrected chi connectivity index (χ3v) is 4.86. The van der Waals surface area contributed by atoms with Crippen LogP contribution in [0.25, 0.3) is 11.0 Å². The van der Waals surface area contributed by atoms with Crippen molar-refractivity contribution in [1.29, 1.82) is 0 Å². The summed E-state index contributed by atoms with van der Waals surface area (Å²) in [5.74, 6) is 3.20. The number of rotatable bonds is 5. The van der Waals surface area contributed by atoms with E-state index in [4.69, 9.17) is 0 Å². The lowest BCUT2D eigenvalue weighted by molar-refractivity contribution is 0.172. The maximum Gasteiger partial charge on any atom is 0.163 e. The summed E-state index contributed by atoms with van der Waals surface area (Å²) < 4.78 is 1.84. The van der Waals surface area contributed by atoms with Crippen molar-refractivity contribution in [1.82, 2.24) is 24.6 Å². The molecule has 6 heteroatoms. The molecular weight excluding hydrogens is 300 g/mol. The van der Waals surface area contributed by atoms with Crippen molar-refractivity contribution in [2.75, 3.05) is 31.5 Å². The summed E-state index contributed by atoms with van der Waals surface area (Å²) in [6.07, 6.45) is 2.53. The van der Waals surface area contributed by atoms with Crippen LogP contribution in [0.3, 0.4) is 0 Å². The monoisotopic (exact) mass is 330 g/mol. The van der Waals surface area contributed by atoms with E-state index in [0.717, 1.165) is 46.8 Å². The smallest absolute Gasteiger partial charge is 0.163 e. The number of fused-ring (bicyclic) bond motifs is 1. The van der Waals surface area contributed by atoms with Crippen molar-refractivity contribution in [3.63, 3.8) is 0 Å². The molecule has 132 valence electrons. The van der Waals surface area contributed by atoms with Gasteiger partial charge in [-0.2, -0.15) is 5.10 Å². The Kier molecular flexibility index (Phi) is 5.04. The van der Waals surface area contributed by atoms with Gasteiger partial charge in [-0.05, 0) is 51.6 Å². The minimum absolute atomic E-state index is 0.718. The molecule has 0 atom stereocenters. The number of aryl methyl sites for hydroxylation is 3. The lowest BCUT2D eigenvalue weighted by atomic mass is 9.96. The molecule has 1 N–H and O–H groups in total. The highest BCUT2D eigenvalue weighted by Crippen LogP contribution is 2.25. The number of piperidine rings is 1. The first-order valence-corrected chi connectivity index (χ1v) is 9.08. The van der Waals surface area contributed by atoms with Crippen molar-refractivity contribution < 1.29 is 0 Å². The fourth-order valence-electron chi connectivity index (χ4n) is 3.71. The third kappa shape index (κ3) is 3.69. The van der Waals surface area contributed by atoms with Crippen molar-refractivity contribution in [3.05, 3.63) is 11.5 Å². The van der Waals surface area contributed by atoms with Gasteiger partial charge in [0.1, 0.15) is 11.6 Å². The van der Waals surface area contributed by atoms with Crippen LogP contribution in [0.1, 0.15) is 38.2 Å². The number of likely N-dealkylation sites (tertiary alicyclic amines) is 1. The summed E-state index contributed by atoms with van der Waals surface area (Å²) in [5.41, 5.74) is 1.90. The fraction of sp³-hybridized carbons (Fsp3) is 0.722. The number of hydrogen-bond donors (Lipinski definition) is 1. The van der Waals surface area contributed by atoms with Gasteiger partial charge < -0.3 is 10.2 Å². The van der Waals surface area contributed by atoms with Gasteiger partial charge in [0.15, 0.2) is 5.65 Å². The lowest BCUT2D eigenvalue weighted by Gasteiger charge is -2.33. The van der Waals surface area contributed by atoms with Crippen LogP contribution in [0, 0.1) is 25.7 Å². The van der Waals surface area contributed by atoms with Crippen LogP contribution < -0.4 is 5.32 Å². The SMILES string of the molecule is Cc1nc(NCC2CCN(CC(C)C)CC2)c2c(C)nn(C)c2n1. The second kappa shape index (κ2) is 7.05. The highest BCUT2D eigenvalue weighted by atomic mass is 15.3. The van der Waals surface area contributed by atoms with E-state index in [1.54, 1.807) is 0 Å². The van der Waals surface area contributed by atoms with E-state index in [2.05, 4.69) is 39.1 Å². The van der Waals surface area contributed by atoms with E-state index < -0.39 is 0 Å². The molecule has 0 radical (unpaired) electrons. The van der Waals surface area contributed by atoms with Gasteiger partial charge in [-0.1, -0.05) is 13.8 Å². The van der Waals surface area contributed by atoms with Gasteiger partial charge in [0.2, 0.25) is 0 Å². The van der Waals surface area contributed by atoms with Crippen molar-refractivity contribution in [2.45, 2.75) is 40.5 Å². The van der Waals surface area contributed by atoms with E-state index >= 15 is 0 Å². The molecule has 24 heavy (non-hydrogen) atoms. The number of aromatic nitrogens is 4. The summed E-state index contributed by atoms with van der Waals surface area (Å²) in [6, 6.07) is 0. The fourth-order valence-corrected chi connectivity index (χ4v) is 3.71. The van der Waals surface area contributed by atoms with Crippen LogP contribution in [0.5, 0.6) is 0 Å². The van der Waals surface area contributed by atoms with Crippen molar-refractivity contribution in [3.8, 4) is 0 Å². The third-order valence-electron chi connectivity index (χ3n) is 4.86. The molecular formula is C18H30N6. The van der Waals surface area contributed by atoms with Gasteiger partial charge in [-0.3, -0.25) is 4.68 Å². The first-order valence-electron chi connectivity index (χ1n) is 9.08. The summed E-state index contributed by atoms with van der Waals surface area (Å²) in [7, 11) is 1.94.